The standard InChI is InChI=1S/C26H24ClN5O3/c1-17-7-10-28-24(14-17)29-25(33)18-8-11-31(12-9-18)26(34)21-16-22(23-6-3-13-35-23)32(30-21)20-5-2-4-19(27)15-20/h2-7,10,13-16,18H,8-9,11-12H2,1H3,(H,28,29,33). The molecule has 1 N–H and O–H groups in total. The van der Waals surface area contributed by atoms with Gasteiger partial charge in [0.1, 0.15) is 11.5 Å². The number of nitrogens with one attached hydrogen (secondary N) is 1. The van der Waals surface area contributed by atoms with Crippen LogP contribution in [0.3, 0.4) is 0 Å². The number of benzene rings is 1. The van der Waals surface area contributed by atoms with Gasteiger partial charge in [-0.15, -0.1) is 0 Å². The summed E-state index contributed by atoms with van der Waals surface area (Å²) in [6, 6.07) is 16.3. The van der Waals surface area contributed by atoms with Crippen LogP contribution < -0.4 is 5.32 Å². The van der Waals surface area contributed by atoms with Crippen molar-refractivity contribution in [3.05, 3.63) is 83.3 Å². The van der Waals surface area contributed by atoms with Crippen LogP contribution in [0.1, 0.15) is 28.9 Å². The van der Waals surface area contributed by atoms with Crippen molar-refractivity contribution in [2.24, 2.45) is 5.92 Å². The molecular formula is C26H24ClN5O3. The van der Waals surface area contributed by atoms with Gasteiger partial charge in [-0.3, -0.25) is 9.59 Å². The highest BCUT2D eigenvalue weighted by atomic mass is 35.5. The summed E-state index contributed by atoms with van der Waals surface area (Å²) in [6.45, 7) is 2.89. The van der Waals surface area contributed by atoms with Gasteiger partial charge in [0.2, 0.25) is 5.91 Å². The number of furan rings is 1. The molecule has 1 aliphatic heterocycles. The van der Waals surface area contributed by atoms with Gasteiger partial charge >= 0.3 is 0 Å². The normalized spacial score (nSPS) is 14.2. The molecule has 1 aliphatic rings. The number of hydrogen-bond acceptors (Lipinski definition) is 5. The lowest BCUT2D eigenvalue weighted by Crippen LogP contribution is -2.41. The molecule has 1 fully saturated rings. The number of pyridine rings is 1. The number of aromatic nitrogens is 3. The summed E-state index contributed by atoms with van der Waals surface area (Å²) in [6.07, 6.45) is 4.40. The third kappa shape index (κ3) is 4.97. The van der Waals surface area contributed by atoms with E-state index in [0.29, 0.717) is 53.9 Å². The van der Waals surface area contributed by atoms with Crippen LogP contribution in [-0.4, -0.2) is 44.6 Å². The van der Waals surface area contributed by atoms with Crippen LogP contribution in [0.4, 0.5) is 5.82 Å². The van der Waals surface area contributed by atoms with Gasteiger partial charge in [-0.05, 0) is 67.8 Å². The summed E-state index contributed by atoms with van der Waals surface area (Å²) in [5.41, 5.74) is 2.72. The first kappa shape index (κ1) is 22.9. The molecule has 9 heteroatoms. The molecule has 0 spiro atoms. The van der Waals surface area contributed by atoms with Crippen molar-refractivity contribution >= 4 is 29.2 Å². The number of carbonyl (C=O) groups is 2. The van der Waals surface area contributed by atoms with Gasteiger partial charge < -0.3 is 14.6 Å². The van der Waals surface area contributed by atoms with E-state index in [4.69, 9.17) is 16.0 Å². The highest BCUT2D eigenvalue weighted by Gasteiger charge is 2.30. The van der Waals surface area contributed by atoms with Crippen molar-refractivity contribution in [2.45, 2.75) is 19.8 Å². The van der Waals surface area contributed by atoms with Crippen LogP contribution in [0.25, 0.3) is 17.1 Å². The minimum absolute atomic E-state index is 0.0689. The van der Waals surface area contributed by atoms with E-state index >= 15 is 0 Å². The van der Waals surface area contributed by atoms with Crippen LogP contribution in [-0.2, 0) is 4.79 Å². The molecule has 1 aromatic carbocycles. The molecule has 2 amide bonds. The number of amides is 2. The summed E-state index contributed by atoms with van der Waals surface area (Å²) >= 11 is 6.18. The van der Waals surface area contributed by atoms with Gasteiger partial charge in [-0.1, -0.05) is 17.7 Å². The average molecular weight is 490 g/mol. The largest absolute Gasteiger partial charge is 0.463 e. The molecular weight excluding hydrogens is 466 g/mol. The first-order chi connectivity index (χ1) is 17.0. The Bertz CT molecular complexity index is 1360. The van der Waals surface area contributed by atoms with Crippen molar-refractivity contribution < 1.29 is 14.0 Å². The Morgan fingerprint density at radius 2 is 1.91 bits per heavy atom. The van der Waals surface area contributed by atoms with Crippen LogP contribution in [0.15, 0.2) is 71.5 Å². The van der Waals surface area contributed by atoms with E-state index in [1.54, 1.807) is 46.3 Å². The second kappa shape index (κ2) is 9.76. The molecule has 5 rings (SSSR count). The molecule has 35 heavy (non-hydrogen) atoms. The number of likely N-dealkylation sites (tertiary alicyclic amines) is 1. The Labute approximate surface area is 207 Å². The SMILES string of the molecule is Cc1ccnc(NC(=O)C2CCN(C(=O)c3cc(-c4ccco4)n(-c4cccc(Cl)c4)n3)CC2)c1. The second-order valence-corrected chi connectivity index (χ2v) is 8.99. The predicted octanol–water partition coefficient (Wildman–Crippen LogP) is 4.98. The molecule has 0 radical (unpaired) electrons. The number of aryl methyl sites for hydroxylation is 1. The number of rotatable bonds is 5. The molecule has 0 bridgehead atoms. The Morgan fingerprint density at radius 3 is 2.63 bits per heavy atom. The fraction of sp³-hybridized carbons (Fsp3) is 0.231. The Balaban J connectivity index is 1.30. The lowest BCUT2D eigenvalue weighted by atomic mass is 9.95. The maximum absolute atomic E-state index is 13.3. The van der Waals surface area contributed by atoms with Crippen molar-refractivity contribution in [2.75, 3.05) is 18.4 Å². The van der Waals surface area contributed by atoms with E-state index in [2.05, 4.69) is 15.4 Å². The van der Waals surface area contributed by atoms with E-state index in [1.807, 2.05) is 37.3 Å². The molecule has 3 aromatic heterocycles. The number of nitrogens with zero attached hydrogens (tertiary/aromatic N) is 4. The van der Waals surface area contributed by atoms with E-state index in [9.17, 15) is 9.59 Å². The highest BCUT2D eigenvalue weighted by Crippen LogP contribution is 2.27. The molecule has 1 saturated heterocycles. The summed E-state index contributed by atoms with van der Waals surface area (Å²) in [7, 11) is 0. The first-order valence-electron chi connectivity index (χ1n) is 11.4. The molecule has 0 atom stereocenters. The second-order valence-electron chi connectivity index (χ2n) is 8.56. The first-order valence-corrected chi connectivity index (χ1v) is 11.8. The smallest absolute Gasteiger partial charge is 0.274 e. The van der Waals surface area contributed by atoms with Gasteiger partial charge in [-0.2, -0.15) is 5.10 Å². The Hall–Kier alpha value is -3.91. The van der Waals surface area contributed by atoms with E-state index in [1.165, 1.54) is 0 Å². The molecule has 0 aliphatic carbocycles. The third-order valence-electron chi connectivity index (χ3n) is 6.07. The topological polar surface area (TPSA) is 93.3 Å². The van der Waals surface area contributed by atoms with E-state index < -0.39 is 0 Å². The van der Waals surface area contributed by atoms with Crippen molar-refractivity contribution in [1.29, 1.82) is 0 Å². The fourth-order valence-electron chi connectivity index (χ4n) is 4.23. The summed E-state index contributed by atoms with van der Waals surface area (Å²) in [5.74, 6) is 0.713. The minimum Gasteiger partial charge on any atom is -0.463 e. The van der Waals surface area contributed by atoms with Gasteiger partial charge in [0.15, 0.2) is 11.5 Å². The molecule has 0 saturated carbocycles. The predicted molar refractivity (Wildman–Crippen MR) is 133 cm³/mol. The zero-order valence-corrected chi connectivity index (χ0v) is 19.9. The van der Waals surface area contributed by atoms with Crippen molar-refractivity contribution in [3.63, 3.8) is 0 Å². The molecule has 178 valence electrons. The van der Waals surface area contributed by atoms with Gasteiger partial charge in [-0.25, -0.2) is 9.67 Å². The quantitative estimate of drug-likeness (QED) is 0.426. The molecule has 4 aromatic rings. The third-order valence-corrected chi connectivity index (χ3v) is 6.31. The zero-order chi connectivity index (χ0) is 24.4. The summed E-state index contributed by atoms with van der Waals surface area (Å²) in [4.78, 5) is 32.0. The maximum Gasteiger partial charge on any atom is 0.274 e. The van der Waals surface area contributed by atoms with Crippen LogP contribution in [0.5, 0.6) is 0 Å². The monoisotopic (exact) mass is 489 g/mol. The number of hydrogen-bond donors (Lipinski definition) is 1. The Morgan fingerprint density at radius 1 is 1.09 bits per heavy atom. The highest BCUT2D eigenvalue weighted by molar-refractivity contribution is 6.30. The molecule has 4 heterocycles. The maximum atomic E-state index is 13.3. The summed E-state index contributed by atoms with van der Waals surface area (Å²) < 4.78 is 7.24. The zero-order valence-electron chi connectivity index (χ0n) is 19.1. The average Bonchev–Trinajstić information content (AvgIpc) is 3.54. The van der Waals surface area contributed by atoms with Gasteiger partial charge in [0, 0.05) is 36.3 Å². The van der Waals surface area contributed by atoms with Crippen LogP contribution >= 0.6 is 11.6 Å². The molecule has 8 nitrogen and oxygen atoms in total. The number of anilines is 1. The van der Waals surface area contributed by atoms with Crippen molar-refractivity contribution in [1.82, 2.24) is 19.7 Å². The summed E-state index contributed by atoms with van der Waals surface area (Å²) in [5, 5.41) is 8.04. The Kier molecular flexibility index (Phi) is 6.37. The lowest BCUT2D eigenvalue weighted by molar-refractivity contribution is -0.121. The lowest BCUT2D eigenvalue weighted by Gasteiger charge is -2.30. The van der Waals surface area contributed by atoms with Crippen LogP contribution in [0, 0.1) is 12.8 Å². The molecule has 0 unspecified atom stereocenters. The van der Waals surface area contributed by atoms with E-state index in [0.717, 1.165) is 11.3 Å². The van der Waals surface area contributed by atoms with Crippen molar-refractivity contribution in [3.8, 4) is 17.1 Å². The number of carbonyl (C=O) groups excluding carboxylic acids is 2. The minimum atomic E-state index is -0.183. The van der Waals surface area contributed by atoms with E-state index in [-0.39, 0.29) is 17.7 Å². The fourth-order valence-corrected chi connectivity index (χ4v) is 4.41. The van der Waals surface area contributed by atoms with Gasteiger partial charge in [0.05, 0.1) is 12.0 Å². The van der Waals surface area contributed by atoms with Gasteiger partial charge in [0.25, 0.3) is 5.91 Å². The number of piperidine rings is 1. The van der Waals surface area contributed by atoms with Crippen LogP contribution in [0.2, 0.25) is 5.02 Å². The number of halogens is 1.